The molecule has 8 bridgehead atoms. The normalized spacial score (nSPS) is 25.5. The van der Waals surface area contributed by atoms with Crippen LogP contribution in [0.1, 0.15) is 143 Å². The van der Waals surface area contributed by atoms with E-state index in [1.165, 1.54) is 28.3 Å². The maximum Gasteiger partial charge on any atom is 0.410 e. The van der Waals surface area contributed by atoms with Gasteiger partial charge < -0.3 is 43.5 Å². The summed E-state index contributed by atoms with van der Waals surface area (Å²) < 4.78 is 27.5. The van der Waals surface area contributed by atoms with Crippen LogP contribution in [0.15, 0.2) is 48.7 Å². The summed E-state index contributed by atoms with van der Waals surface area (Å²) in [6.45, 7) is 23.5. The number of hydrogen-bond donors (Lipinski definition) is 2. The minimum absolute atomic E-state index is 0.0312. The lowest BCUT2D eigenvalue weighted by molar-refractivity contribution is -0.155. The molecule has 2 N–H and O–H groups in total. The van der Waals surface area contributed by atoms with Crippen molar-refractivity contribution in [2.45, 2.75) is 181 Å². The molecule has 0 radical (unpaired) electrons. The zero-order valence-electron chi connectivity index (χ0n) is 49.4. The number of hydrazine groups is 1. The summed E-state index contributed by atoms with van der Waals surface area (Å²) in [4.78, 5) is 84.0. The van der Waals surface area contributed by atoms with Gasteiger partial charge in [-0.25, -0.2) is 10.2 Å². The molecule has 432 valence electrons. The van der Waals surface area contributed by atoms with Gasteiger partial charge in [0.1, 0.15) is 36.1 Å². The second kappa shape index (κ2) is 22.4. The van der Waals surface area contributed by atoms with Crippen molar-refractivity contribution < 1.29 is 42.9 Å². The van der Waals surface area contributed by atoms with E-state index in [4.69, 9.17) is 23.9 Å². The summed E-state index contributed by atoms with van der Waals surface area (Å²) in [7, 11) is 3.35. The van der Waals surface area contributed by atoms with Gasteiger partial charge in [-0.1, -0.05) is 46.8 Å². The molecule has 7 heterocycles. The van der Waals surface area contributed by atoms with Crippen LogP contribution >= 0.6 is 0 Å². The van der Waals surface area contributed by atoms with E-state index in [2.05, 4.69) is 91.4 Å². The zero-order chi connectivity index (χ0) is 57.2. The van der Waals surface area contributed by atoms with Gasteiger partial charge in [0, 0.05) is 74.3 Å². The highest BCUT2D eigenvalue weighted by Gasteiger charge is 2.47. The van der Waals surface area contributed by atoms with Crippen LogP contribution in [-0.2, 0) is 58.2 Å². The Morgan fingerprint density at radius 2 is 1.64 bits per heavy atom. The first kappa shape index (κ1) is 57.2. The van der Waals surface area contributed by atoms with Crippen molar-refractivity contribution in [2.24, 2.45) is 17.3 Å². The van der Waals surface area contributed by atoms with Crippen LogP contribution < -0.4 is 15.5 Å². The van der Waals surface area contributed by atoms with Crippen molar-refractivity contribution in [3.8, 4) is 28.1 Å². The number of amides is 4. The second-order valence-electron chi connectivity index (χ2n) is 26.1. The van der Waals surface area contributed by atoms with E-state index < -0.39 is 65.0 Å². The standard InChI is InChI=1S/C63H86N8O9/c1-13-69-51-19-16-40-31-46(51)48(55(69)47-32-42(34-64-53(47)38(4)77-12)63(10)21-25-68(26-22-63)43-17-18-43)33-62(8,9)36-79-59(75)49-15-14-23-71(66-49)58(74)50-29-39-27-41(40)30-44(28-39)78-35-52-45(20-24-70(52)60(76)80-61(5,6)7)57(73)67(11)54(37(2)3)56(72)65-50/h16,19,27-28,30-32,34,37-38,43,45,49-50,52,54,66H,13-15,17-18,20-26,29,33,35-36H2,1-12H3,(H,65,72)/t38-,45-,49-,50-,52+,54-/m0/s1. The van der Waals surface area contributed by atoms with E-state index in [0.29, 0.717) is 50.1 Å². The van der Waals surface area contributed by atoms with Gasteiger partial charge in [-0.3, -0.25) is 29.2 Å². The zero-order valence-corrected chi connectivity index (χ0v) is 49.4. The number of esters is 1. The van der Waals surface area contributed by atoms with Crippen LogP contribution in [0.4, 0.5) is 4.79 Å². The molecule has 6 atom stereocenters. The Kier molecular flexibility index (Phi) is 16.0. The Hall–Kier alpha value is -6.04. The smallest absolute Gasteiger partial charge is 0.410 e. The topological polar surface area (TPSA) is 177 Å². The van der Waals surface area contributed by atoms with E-state index in [9.17, 15) is 19.2 Å². The number of carbonyl (C=O) groups is 5. The monoisotopic (exact) mass is 1100 g/mol. The summed E-state index contributed by atoms with van der Waals surface area (Å²) >= 11 is 0. The number of ether oxygens (including phenoxy) is 4. The molecule has 1 aliphatic carbocycles. The Balaban J connectivity index is 1.16. The Bertz CT molecular complexity index is 3020. The molecule has 4 amide bonds. The lowest BCUT2D eigenvalue weighted by Gasteiger charge is -2.40. The fourth-order valence-corrected chi connectivity index (χ4v) is 13.3. The largest absolute Gasteiger partial charge is 0.491 e. The van der Waals surface area contributed by atoms with Crippen LogP contribution in [0, 0.1) is 17.3 Å². The van der Waals surface area contributed by atoms with Gasteiger partial charge in [0.15, 0.2) is 0 Å². The number of aromatic nitrogens is 2. The van der Waals surface area contributed by atoms with Crippen LogP contribution in [0.3, 0.4) is 0 Å². The van der Waals surface area contributed by atoms with E-state index in [0.717, 1.165) is 76.5 Å². The van der Waals surface area contributed by atoms with Crippen molar-refractivity contribution in [3.05, 3.63) is 71.0 Å². The molecule has 4 aromatic rings. The van der Waals surface area contributed by atoms with Crippen LogP contribution in [0.5, 0.6) is 5.75 Å². The molecule has 10 rings (SSSR count). The molecular weight excluding hydrogens is 1010 g/mol. The summed E-state index contributed by atoms with van der Waals surface area (Å²) in [5.74, 6) is -2.27. The number of nitrogens with zero attached hydrogens (tertiary/aromatic N) is 6. The highest BCUT2D eigenvalue weighted by atomic mass is 16.6. The van der Waals surface area contributed by atoms with Crippen molar-refractivity contribution >= 4 is 40.7 Å². The molecule has 2 aromatic heterocycles. The molecule has 17 heteroatoms. The van der Waals surface area contributed by atoms with E-state index in [1.807, 2.05) is 46.8 Å². The third-order valence-electron chi connectivity index (χ3n) is 18.0. The fraction of sp³-hybridized carbons (Fsp3) is 0.619. The third-order valence-corrected chi connectivity index (χ3v) is 18.0. The molecule has 80 heavy (non-hydrogen) atoms. The number of cyclic esters (lactones) is 1. The van der Waals surface area contributed by atoms with E-state index in [1.54, 1.807) is 19.1 Å². The number of hydrogen-bond acceptors (Lipinski definition) is 12. The molecule has 17 nitrogen and oxygen atoms in total. The van der Waals surface area contributed by atoms with Gasteiger partial charge in [-0.15, -0.1) is 0 Å². The fourth-order valence-electron chi connectivity index (χ4n) is 13.3. The van der Waals surface area contributed by atoms with Gasteiger partial charge in [-0.2, -0.15) is 0 Å². The lowest BCUT2D eigenvalue weighted by atomic mass is 9.74. The third kappa shape index (κ3) is 11.6. The molecule has 5 aliphatic heterocycles. The number of carbonyl (C=O) groups excluding carboxylic acids is 5. The van der Waals surface area contributed by atoms with Crippen LogP contribution in [0.2, 0.25) is 0 Å². The molecule has 1 saturated carbocycles. The van der Waals surface area contributed by atoms with Crippen LogP contribution in [-0.4, -0.2) is 148 Å². The first-order valence-corrected chi connectivity index (χ1v) is 29.5. The summed E-state index contributed by atoms with van der Waals surface area (Å²) in [5, 5.41) is 5.60. The Morgan fingerprint density at radius 1 is 0.887 bits per heavy atom. The maximum absolute atomic E-state index is 15.1. The van der Waals surface area contributed by atoms with Crippen molar-refractivity contribution in [1.82, 2.24) is 40.0 Å². The number of fused-ring (bicyclic) bond motifs is 8. The highest BCUT2D eigenvalue weighted by molar-refractivity contribution is 5.96. The molecule has 6 aliphatic rings. The van der Waals surface area contributed by atoms with Gasteiger partial charge in [0.05, 0.1) is 36.1 Å². The lowest BCUT2D eigenvalue weighted by Crippen LogP contribution is -2.62. The van der Waals surface area contributed by atoms with Crippen LogP contribution in [0.25, 0.3) is 33.3 Å². The first-order chi connectivity index (χ1) is 38.0. The average molecular weight is 1100 g/mol. The number of rotatable bonds is 7. The van der Waals surface area contributed by atoms with Gasteiger partial charge >= 0.3 is 12.1 Å². The predicted octanol–water partition coefficient (Wildman–Crippen LogP) is 8.76. The van der Waals surface area contributed by atoms with E-state index >= 15 is 4.79 Å². The molecule has 4 fully saturated rings. The Labute approximate surface area is 472 Å². The number of benzene rings is 2. The SMILES string of the molecule is CCn1c(-c2cc(C3(C)CCN(C4CC4)CC3)cnc2[C@H](C)OC)c2c3cc(ccc31)-c1cc3cc(c1)OC[C@@H]1[C@H](CCN1C(=O)OC(C)(C)C)C(=O)N(C)[C@@H](C(C)C)C(=O)N[C@@H](C3)C(=O)N1CCC[C@H](N1)C(=O)OCC(C)(C)C2. The molecule has 3 saturated heterocycles. The molecule has 2 aromatic carbocycles. The summed E-state index contributed by atoms with van der Waals surface area (Å²) in [6.07, 6.45) is 7.83. The number of methoxy groups -OCH3 is 1. The number of nitrogens with one attached hydrogen (secondary N) is 2. The highest BCUT2D eigenvalue weighted by Crippen LogP contribution is 2.46. The van der Waals surface area contributed by atoms with Crippen molar-refractivity contribution in [2.75, 3.05) is 53.6 Å². The molecular formula is C63H86N8O9. The number of aryl methyl sites for hydroxylation is 1. The predicted molar refractivity (Wildman–Crippen MR) is 307 cm³/mol. The van der Waals surface area contributed by atoms with Crippen molar-refractivity contribution in [3.63, 3.8) is 0 Å². The first-order valence-electron chi connectivity index (χ1n) is 29.5. The van der Waals surface area contributed by atoms with Gasteiger partial charge in [0.25, 0.3) is 5.91 Å². The van der Waals surface area contributed by atoms with Gasteiger partial charge in [0.2, 0.25) is 11.8 Å². The van der Waals surface area contributed by atoms with E-state index in [-0.39, 0.29) is 49.5 Å². The summed E-state index contributed by atoms with van der Waals surface area (Å²) in [6, 6.07) is 12.0. The number of pyridine rings is 1. The number of likely N-dealkylation sites (N-methyl/N-ethyl adjacent to an activating group) is 1. The maximum atomic E-state index is 15.1. The quantitative estimate of drug-likeness (QED) is 0.169. The average Bonchev–Trinajstić information content (AvgIpc) is 4.14. The molecule has 0 unspecified atom stereocenters. The minimum atomic E-state index is -1.11. The minimum Gasteiger partial charge on any atom is -0.491 e. The number of piperidine rings is 1. The summed E-state index contributed by atoms with van der Waals surface area (Å²) in [5.41, 5.74) is 10.5. The van der Waals surface area contributed by atoms with Gasteiger partial charge in [-0.05, 0) is 169 Å². The Morgan fingerprint density at radius 3 is 2.33 bits per heavy atom. The molecule has 0 spiro atoms. The second-order valence-corrected chi connectivity index (χ2v) is 26.1. The van der Waals surface area contributed by atoms with Crippen molar-refractivity contribution in [1.29, 1.82) is 0 Å². The number of likely N-dealkylation sites (tertiary alicyclic amines) is 2.